The minimum Gasteiger partial charge on any atom is -0.326 e. The van der Waals surface area contributed by atoms with Gasteiger partial charge in [-0.3, -0.25) is 4.79 Å². The number of rotatable bonds is 5. The number of carbonyl (C=O) groups is 1. The second kappa shape index (κ2) is 8.82. The Morgan fingerprint density at radius 3 is 2.74 bits per heavy atom. The standard InChI is InChI=1S/C18H22ClN5OS.ClH/c1-24-10-20-23-18(24)26-16-5-4-14(9-15(16)19)22-17(25)8-11-6-12-2-3-13(7-11)21-12;/h4-5,9-13,21H,2-3,6-8H2,1H3,(H,22,25);1H. The molecular weight excluding hydrogens is 405 g/mol. The Morgan fingerprint density at radius 1 is 1.37 bits per heavy atom. The molecule has 9 heteroatoms. The zero-order chi connectivity index (χ0) is 18.1. The van der Waals surface area contributed by atoms with E-state index in [0.717, 1.165) is 28.6 Å². The number of benzene rings is 1. The molecule has 0 spiro atoms. The van der Waals surface area contributed by atoms with Gasteiger partial charge in [0.05, 0.1) is 5.02 Å². The van der Waals surface area contributed by atoms with Crippen LogP contribution >= 0.6 is 35.8 Å². The summed E-state index contributed by atoms with van der Waals surface area (Å²) in [4.78, 5) is 13.3. The number of carbonyl (C=O) groups excluding carboxylic acids is 1. The summed E-state index contributed by atoms with van der Waals surface area (Å²) in [7, 11) is 1.89. The average Bonchev–Trinajstić information content (AvgIpc) is 3.15. The Kier molecular flexibility index (Phi) is 6.68. The van der Waals surface area contributed by atoms with E-state index in [1.807, 2.05) is 23.7 Å². The Bertz CT molecular complexity index is 803. The van der Waals surface area contributed by atoms with Crippen molar-refractivity contribution in [2.45, 2.75) is 54.2 Å². The van der Waals surface area contributed by atoms with Gasteiger partial charge in [0.1, 0.15) is 6.33 Å². The van der Waals surface area contributed by atoms with Gasteiger partial charge in [0.15, 0.2) is 5.16 Å². The summed E-state index contributed by atoms with van der Waals surface area (Å²) in [5.74, 6) is 0.552. The van der Waals surface area contributed by atoms with Crippen molar-refractivity contribution in [3.8, 4) is 0 Å². The molecule has 2 atom stereocenters. The van der Waals surface area contributed by atoms with E-state index in [2.05, 4.69) is 20.8 Å². The van der Waals surface area contributed by atoms with Gasteiger partial charge in [0.2, 0.25) is 5.91 Å². The summed E-state index contributed by atoms with van der Waals surface area (Å²) < 4.78 is 1.84. The molecule has 2 aromatic rings. The van der Waals surface area contributed by atoms with Crippen LogP contribution in [0.15, 0.2) is 34.6 Å². The summed E-state index contributed by atoms with van der Waals surface area (Å²) in [5, 5.41) is 15.9. The number of hydrogen-bond acceptors (Lipinski definition) is 5. The first-order chi connectivity index (χ1) is 12.6. The van der Waals surface area contributed by atoms with E-state index in [9.17, 15) is 4.79 Å². The summed E-state index contributed by atoms with van der Waals surface area (Å²) in [6, 6.07) is 6.80. The van der Waals surface area contributed by atoms with E-state index >= 15 is 0 Å². The van der Waals surface area contributed by atoms with Crippen molar-refractivity contribution in [1.29, 1.82) is 0 Å². The molecule has 2 unspecified atom stereocenters. The van der Waals surface area contributed by atoms with Crippen molar-refractivity contribution in [1.82, 2.24) is 20.1 Å². The lowest BCUT2D eigenvalue weighted by Crippen LogP contribution is -2.39. The molecule has 1 aromatic heterocycles. The number of halogens is 2. The predicted molar refractivity (Wildman–Crippen MR) is 110 cm³/mol. The molecule has 0 radical (unpaired) electrons. The van der Waals surface area contributed by atoms with E-state index < -0.39 is 0 Å². The highest BCUT2D eigenvalue weighted by atomic mass is 35.5. The number of aryl methyl sites for hydroxylation is 1. The molecule has 6 nitrogen and oxygen atoms in total. The average molecular weight is 428 g/mol. The third-order valence-electron chi connectivity index (χ3n) is 5.13. The Hall–Kier alpha value is -1.28. The van der Waals surface area contributed by atoms with E-state index in [-0.39, 0.29) is 18.3 Å². The van der Waals surface area contributed by atoms with Gasteiger partial charge in [-0.1, -0.05) is 11.6 Å². The third-order valence-corrected chi connectivity index (χ3v) is 6.68. The second-order valence-corrected chi connectivity index (χ2v) is 8.62. The van der Waals surface area contributed by atoms with Crippen LogP contribution in [0.5, 0.6) is 0 Å². The minimum atomic E-state index is 0. The number of piperidine rings is 1. The molecule has 2 N–H and O–H groups in total. The quantitative estimate of drug-likeness (QED) is 0.756. The third kappa shape index (κ3) is 4.96. The van der Waals surface area contributed by atoms with Crippen molar-refractivity contribution in [2.24, 2.45) is 13.0 Å². The summed E-state index contributed by atoms with van der Waals surface area (Å²) >= 11 is 7.83. The molecule has 1 aromatic carbocycles. The van der Waals surface area contributed by atoms with Gasteiger partial charge < -0.3 is 15.2 Å². The van der Waals surface area contributed by atoms with Crippen molar-refractivity contribution in [3.63, 3.8) is 0 Å². The summed E-state index contributed by atoms with van der Waals surface area (Å²) in [6.45, 7) is 0. The lowest BCUT2D eigenvalue weighted by atomic mass is 9.89. The zero-order valence-corrected chi connectivity index (χ0v) is 17.4. The van der Waals surface area contributed by atoms with Crippen molar-refractivity contribution in [2.75, 3.05) is 5.32 Å². The molecule has 2 bridgehead atoms. The molecular formula is C18H23Cl2N5OS. The fourth-order valence-corrected chi connectivity index (χ4v) is 5.01. The van der Waals surface area contributed by atoms with Gasteiger partial charge in [-0.05, 0) is 61.6 Å². The number of aromatic nitrogens is 3. The fraction of sp³-hybridized carbons (Fsp3) is 0.500. The van der Waals surface area contributed by atoms with Crippen LogP contribution in [0.4, 0.5) is 5.69 Å². The number of anilines is 1. The van der Waals surface area contributed by atoms with E-state index in [1.54, 1.807) is 12.4 Å². The van der Waals surface area contributed by atoms with E-state index in [0.29, 0.717) is 29.4 Å². The molecule has 0 saturated carbocycles. The maximum atomic E-state index is 12.4. The smallest absolute Gasteiger partial charge is 0.224 e. The van der Waals surface area contributed by atoms with Crippen LogP contribution in [0.25, 0.3) is 0 Å². The van der Waals surface area contributed by atoms with Crippen LogP contribution in [0.2, 0.25) is 5.02 Å². The molecule has 3 heterocycles. The van der Waals surface area contributed by atoms with E-state index in [4.69, 9.17) is 11.6 Å². The first kappa shape index (κ1) is 20.5. The maximum absolute atomic E-state index is 12.4. The van der Waals surface area contributed by atoms with Crippen molar-refractivity contribution >= 4 is 47.4 Å². The largest absolute Gasteiger partial charge is 0.326 e. The molecule has 2 aliphatic heterocycles. The van der Waals surface area contributed by atoms with Crippen LogP contribution < -0.4 is 10.6 Å². The van der Waals surface area contributed by atoms with Gasteiger partial charge in [-0.25, -0.2) is 0 Å². The molecule has 27 heavy (non-hydrogen) atoms. The number of fused-ring (bicyclic) bond motifs is 2. The van der Waals surface area contributed by atoms with Crippen molar-refractivity contribution < 1.29 is 4.79 Å². The highest BCUT2D eigenvalue weighted by Gasteiger charge is 2.34. The van der Waals surface area contributed by atoms with Crippen molar-refractivity contribution in [3.05, 3.63) is 29.5 Å². The van der Waals surface area contributed by atoms with Crippen LogP contribution in [0.3, 0.4) is 0 Å². The second-order valence-electron chi connectivity index (χ2n) is 7.20. The lowest BCUT2D eigenvalue weighted by molar-refractivity contribution is -0.117. The Morgan fingerprint density at radius 2 is 2.11 bits per heavy atom. The van der Waals surface area contributed by atoms with Crippen LogP contribution in [-0.2, 0) is 11.8 Å². The van der Waals surface area contributed by atoms with Gasteiger partial charge in [0.25, 0.3) is 0 Å². The monoisotopic (exact) mass is 427 g/mol. The van der Waals surface area contributed by atoms with Gasteiger partial charge in [0, 0.05) is 36.1 Å². The first-order valence-corrected chi connectivity index (χ1v) is 10.1. The van der Waals surface area contributed by atoms with Crippen LogP contribution in [0, 0.1) is 5.92 Å². The normalized spacial score (nSPS) is 23.7. The topological polar surface area (TPSA) is 71.8 Å². The predicted octanol–water partition coefficient (Wildman–Crippen LogP) is 3.90. The Balaban J connectivity index is 0.00000210. The molecule has 1 amide bonds. The Labute approximate surface area is 174 Å². The number of amides is 1. The summed E-state index contributed by atoms with van der Waals surface area (Å²) in [5.41, 5.74) is 0.735. The maximum Gasteiger partial charge on any atom is 0.224 e. The number of nitrogens with one attached hydrogen (secondary N) is 2. The molecule has 4 rings (SSSR count). The van der Waals surface area contributed by atoms with Gasteiger partial charge in [-0.2, -0.15) is 0 Å². The van der Waals surface area contributed by atoms with Crippen LogP contribution in [-0.4, -0.2) is 32.8 Å². The molecule has 146 valence electrons. The highest BCUT2D eigenvalue weighted by molar-refractivity contribution is 7.99. The number of hydrogen-bond donors (Lipinski definition) is 2. The summed E-state index contributed by atoms with van der Waals surface area (Å²) in [6.07, 6.45) is 6.96. The first-order valence-electron chi connectivity index (χ1n) is 8.94. The van der Waals surface area contributed by atoms with E-state index in [1.165, 1.54) is 24.6 Å². The minimum absolute atomic E-state index is 0. The molecule has 2 aliphatic rings. The highest BCUT2D eigenvalue weighted by Crippen LogP contribution is 2.35. The molecule has 2 fully saturated rings. The SMILES string of the molecule is Cl.Cn1cnnc1Sc1ccc(NC(=O)CC2CC3CCC(C2)N3)cc1Cl. The number of nitrogens with zero attached hydrogens (tertiary/aromatic N) is 3. The fourth-order valence-electron chi connectivity index (χ4n) is 3.94. The zero-order valence-electron chi connectivity index (χ0n) is 15.0. The van der Waals surface area contributed by atoms with Crippen LogP contribution in [0.1, 0.15) is 32.1 Å². The molecule has 0 aliphatic carbocycles. The van der Waals surface area contributed by atoms with Gasteiger partial charge in [-0.15, -0.1) is 22.6 Å². The lowest BCUT2D eigenvalue weighted by Gasteiger charge is -2.28. The van der Waals surface area contributed by atoms with Gasteiger partial charge >= 0.3 is 0 Å². The molecule has 2 saturated heterocycles.